The van der Waals surface area contributed by atoms with E-state index in [-0.39, 0.29) is 5.91 Å². The standard InChI is InChI=1S/C17H20ClNOS/c1-11-6-7-19(10-12(2)8-11)17(20)16-9-13-14(18)4-3-5-15(13)21-16/h3-5,9,11-12H,6-8,10H2,1-2H3. The van der Waals surface area contributed by atoms with Gasteiger partial charge in [0.15, 0.2) is 0 Å². The van der Waals surface area contributed by atoms with Gasteiger partial charge in [-0.2, -0.15) is 0 Å². The molecule has 112 valence electrons. The molecule has 1 saturated heterocycles. The van der Waals surface area contributed by atoms with Crippen LogP contribution in [0.2, 0.25) is 5.02 Å². The Morgan fingerprint density at radius 1 is 1.33 bits per heavy atom. The zero-order valence-electron chi connectivity index (χ0n) is 12.4. The van der Waals surface area contributed by atoms with Gasteiger partial charge in [0.2, 0.25) is 0 Å². The van der Waals surface area contributed by atoms with Gasteiger partial charge >= 0.3 is 0 Å². The molecule has 4 heteroatoms. The fourth-order valence-electron chi connectivity index (χ4n) is 3.19. The van der Waals surface area contributed by atoms with E-state index in [1.807, 2.05) is 29.2 Å². The van der Waals surface area contributed by atoms with E-state index in [0.29, 0.717) is 11.8 Å². The van der Waals surface area contributed by atoms with E-state index < -0.39 is 0 Å². The van der Waals surface area contributed by atoms with Crippen molar-refractivity contribution in [1.29, 1.82) is 0 Å². The van der Waals surface area contributed by atoms with Gasteiger partial charge in [-0.25, -0.2) is 0 Å². The zero-order valence-corrected chi connectivity index (χ0v) is 14.0. The molecular weight excluding hydrogens is 302 g/mol. The molecule has 0 N–H and O–H groups in total. The van der Waals surface area contributed by atoms with Gasteiger partial charge in [-0.05, 0) is 42.9 Å². The third-order valence-electron chi connectivity index (χ3n) is 4.23. The van der Waals surface area contributed by atoms with Gasteiger partial charge in [-0.1, -0.05) is 31.5 Å². The molecule has 2 aromatic rings. The van der Waals surface area contributed by atoms with E-state index in [1.165, 1.54) is 6.42 Å². The molecule has 1 amide bonds. The van der Waals surface area contributed by atoms with E-state index >= 15 is 0 Å². The van der Waals surface area contributed by atoms with Crippen LogP contribution >= 0.6 is 22.9 Å². The molecule has 2 heterocycles. The number of hydrogen-bond acceptors (Lipinski definition) is 2. The van der Waals surface area contributed by atoms with Crippen molar-refractivity contribution in [2.24, 2.45) is 11.8 Å². The normalized spacial score (nSPS) is 23.3. The zero-order chi connectivity index (χ0) is 15.0. The minimum absolute atomic E-state index is 0.160. The van der Waals surface area contributed by atoms with Crippen molar-refractivity contribution in [2.45, 2.75) is 26.7 Å². The highest BCUT2D eigenvalue weighted by Gasteiger charge is 2.24. The summed E-state index contributed by atoms with van der Waals surface area (Å²) in [5, 5.41) is 1.71. The quantitative estimate of drug-likeness (QED) is 0.718. The Kier molecular flexibility index (Phi) is 4.23. The molecule has 1 aliphatic heterocycles. The number of halogens is 1. The summed E-state index contributed by atoms with van der Waals surface area (Å²) in [6.45, 7) is 6.26. The predicted molar refractivity (Wildman–Crippen MR) is 90.3 cm³/mol. The second-order valence-electron chi connectivity index (χ2n) is 6.25. The molecule has 1 aliphatic rings. The molecule has 2 nitrogen and oxygen atoms in total. The van der Waals surface area contributed by atoms with Crippen LogP contribution < -0.4 is 0 Å². The van der Waals surface area contributed by atoms with Crippen molar-refractivity contribution in [2.75, 3.05) is 13.1 Å². The maximum absolute atomic E-state index is 12.8. The SMILES string of the molecule is CC1CCN(C(=O)c2cc3c(Cl)cccc3s2)CC(C)C1. The number of hydrogen-bond donors (Lipinski definition) is 0. The lowest BCUT2D eigenvalue weighted by Gasteiger charge is -2.21. The van der Waals surface area contributed by atoms with Crippen molar-refractivity contribution >= 4 is 38.9 Å². The van der Waals surface area contributed by atoms with Crippen LogP contribution in [0.5, 0.6) is 0 Å². The van der Waals surface area contributed by atoms with E-state index in [9.17, 15) is 4.79 Å². The van der Waals surface area contributed by atoms with Gasteiger partial charge in [-0.15, -0.1) is 11.3 Å². The summed E-state index contributed by atoms with van der Waals surface area (Å²) in [6.07, 6.45) is 2.31. The summed E-state index contributed by atoms with van der Waals surface area (Å²) in [5.41, 5.74) is 0. The van der Waals surface area contributed by atoms with Crippen LogP contribution in [0.3, 0.4) is 0 Å². The van der Waals surface area contributed by atoms with Crippen LogP contribution in [-0.2, 0) is 0 Å². The van der Waals surface area contributed by atoms with Gasteiger partial charge in [0.25, 0.3) is 5.91 Å². The number of benzene rings is 1. The summed E-state index contributed by atoms with van der Waals surface area (Å²) in [5.74, 6) is 1.44. The Hall–Kier alpha value is -1.06. The molecule has 1 fully saturated rings. The van der Waals surface area contributed by atoms with Gasteiger partial charge in [0.1, 0.15) is 0 Å². The first-order valence-electron chi connectivity index (χ1n) is 7.52. The second-order valence-corrected chi connectivity index (χ2v) is 7.74. The Morgan fingerprint density at radius 2 is 2.14 bits per heavy atom. The number of amides is 1. The Labute approximate surface area is 134 Å². The van der Waals surface area contributed by atoms with Crippen LogP contribution in [0.25, 0.3) is 10.1 Å². The smallest absolute Gasteiger partial charge is 0.263 e. The van der Waals surface area contributed by atoms with Crippen molar-refractivity contribution in [3.63, 3.8) is 0 Å². The lowest BCUT2D eigenvalue weighted by atomic mass is 9.97. The van der Waals surface area contributed by atoms with Crippen LogP contribution in [-0.4, -0.2) is 23.9 Å². The number of carbonyl (C=O) groups excluding carboxylic acids is 1. The third kappa shape index (κ3) is 3.09. The minimum atomic E-state index is 0.160. The summed E-state index contributed by atoms with van der Waals surface area (Å²) in [7, 11) is 0. The van der Waals surface area contributed by atoms with Crippen molar-refractivity contribution in [3.05, 3.63) is 34.2 Å². The number of carbonyl (C=O) groups is 1. The van der Waals surface area contributed by atoms with Crippen LogP contribution in [0, 0.1) is 11.8 Å². The topological polar surface area (TPSA) is 20.3 Å². The van der Waals surface area contributed by atoms with Crippen LogP contribution in [0.4, 0.5) is 0 Å². The number of thiophene rings is 1. The monoisotopic (exact) mass is 321 g/mol. The second kappa shape index (κ2) is 5.98. The van der Waals surface area contributed by atoms with E-state index in [2.05, 4.69) is 13.8 Å². The largest absolute Gasteiger partial charge is 0.338 e. The highest BCUT2D eigenvalue weighted by molar-refractivity contribution is 7.20. The van der Waals surface area contributed by atoms with E-state index in [4.69, 9.17) is 11.6 Å². The number of nitrogens with zero attached hydrogens (tertiary/aromatic N) is 1. The van der Waals surface area contributed by atoms with Crippen LogP contribution in [0.1, 0.15) is 36.4 Å². The Morgan fingerprint density at radius 3 is 2.90 bits per heavy atom. The number of rotatable bonds is 1. The molecule has 2 atom stereocenters. The van der Waals surface area contributed by atoms with Gasteiger partial charge in [-0.3, -0.25) is 4.79 Å². The average Bonchev–Trinajstić information content (AvgIpc) is 2.80. The molecule has 3 rings (SSSR count). The van der Waals surface area contributed by atoms with Gasteiger partial charge in [0, 0.05) is 28.2 Å². The lowest BCUT2D eigenvalue weighted by Crippen LogP contribution is -2.33. The van der Waals surface area contributed by atoms with E-state index in [1.54, 1.807) is 11.3 Å². The van der Waals surface area contributed by atoms with Crippen molar-refractivity contribution < 1.29 is 4.79 Å². The first kappa shape index (κ1) is 14.9. The molecule has 0 aliphatic carbocycles. The first-order valence-corrected chi connectivity index (χ1v) is 8.71. The first-order chi connectivity index (χ1) is 10.0. The van der Waals surface area contributed by atoms with E-state index in [0.717, 1.165) is 39.5 Å². The summed E-state index contributed by atoms with van der Waals surface area (Å²) >= 11 is 7.76. The average molecular weight is 322 g/mol. The van der Waals surface area contributed by atoms with Crippen molar-refractivity contribution in [3.8, 4) is 0 Å². The highest BCUT2D eigenvalue weighted by Crippen LogP contribution is 2.32. The molecule has 0 bridgehead atoms. The predicted octanol–water partition coefficient (Wildman–Crippen LogP) is 5.06. The Bertz CT molecular complexity index is 666. The molecule has 0 saturated carbocycles. The Balaban J connectivity index is 1.87. The number of likely N-dealkylation sites (tertiary alicyclic amines) is 1. The molecule has 1 aromatic carbocycles. The van der Waals surface area contributed by atoms with Crippen molar-refractivity contribution in [1.82, 2.24) is 4.90 Å². The fourth-order valence-corrected chi connectivity index (χ4v) is 4.53. The molecule has 0 spiro atoms. The fraction of sp³-hybridized carbons (Fsp3) is 0.471. The summed E-state index contributed by atoms with van der Waals surface area (Å²) < 4.78 is 1.09. The maximum atomic E-state index is 12.8. The minimum Gasteiger partial charge on any atom is -0.338 e. The molecule has 0 radical (unpaired) electrons. The van der Waals surface area contributed by atoms with Gasteiger partial charge in [0.05, 0.1) is 4.88 Å². The van der Waals surface area contributed by atoms with Crippen LogP contribution in [0.15, 0.2) is 24.3 Å². The number of fused-ring (bicyclic) bond motifs is 1. The summed E-state index contributed by atoms with van der Waals surface area (Å²) in [4.78, 5) is 15.6. The lowest BCUT2D eigenvalue weighted by molar-refractivity contribution is 0.0749. The summed E-state index contributed by atoms with van der Waals surface area (Å²) in [6, 6.07) is 7.78. The highest BCUT2D eigenvalue weighted by atomic mass is 35.5. The van der Waals surface area contributed by atoms with Gasteiger partial charge < -0.3 is 4.90 Å². The molecule has 1 aromatic heterocycles. The molecular formula is C17H20ClNOS. The third-order valence-corrected chi connectivity index (χ3v) is 5.65. The molecule has 2 unspecified atom stereocenters. The molecule has 21 heavy (non-hydrogen) atoms. The maximum Gasteiger partial charge on any atom is 0.263 e.